The zero-order chi connectivity index (χ0) is 14.1. The second-order valence-electron chi connectivity index (χ2n) is 4.39. The van der Waals surface area contributed by atoms with Crippen LogP contribution in [0.1, 0.15) is 15.4 Å². The SMILES string of the molecule is Cc1ccc2cccc(NC(=O)c3ccc(Cl)s3)c2n1. The van der Waals surface area contributed by atoms with Crippen molar-refractivity contribution in [3.63, 3.8) is 0 Å². The van der Waals surface area contributed by atoms with E-state index in [0.717, 1.165) is 16.6 Å². The molecule has 1 aromatic carbocycles. The lowest BCUT2D eigenvalue weighted by Crippen LogP contribution is -2.10. The van der Waals surface area contributed by atoms with Crippen LogP contribution in [0, 0.1) is 6.92 Å². The molecule has 0 aliphatic carbocycles. The van der Waals surface area contributed by atoms with Crippen molar-refractivity contribution in [3.05, 3.63) is 57.4 Å². The van der Waals surface area contributed by atoms with Crippen molar-refractivity contribution in [1.82, 2.24) is 4.98 Å². The van der Waals surface area contributed by atoms with Crippen LogP contribution in [-0.2, 0) is 0 Å². The number of benzene rings is 1. The summed E-state index contributed by atoms with van der Waals surface area (Å²) in [5.41, 5.74) is 2.42. The Labute approximate surface area is 125 Å². The Bertz CT molecular complexity index is 797. The fourth-order valence-corrected chi connectivity index (χ4v) is 2.90. The number of aryl methyl sites for hydroxylation is 1. The molecule has 0 saturated carbocycles. The standard InChI is InChI=1S/C15H11ClN2OS/c1-9-5-6-10-3-2-4-11(14(10)17-9)18-15(19)12-7-8-13(16)20-12/h2-8H,1H3,(H,18,19). The normalized spacial score (nSPS) is 10.7. The molecule has 1 amide bonds. The summed E-state index contributed by atoms with van der Waals surface area (Å²) >= 11 is 7.11. The predicted molar refractivity (Wildman–Crippen MR) is 83.8 cm³/mol. The highest BCUT2D eigenvalue weighted by Gasteiger charge is 2.11. The maximum absolute atomic E-state index is 12.2. The van der Waals surface area contributed by atoms with E-state index in [9.17, 15) is 4.79 Å². The summed E-state index contributed by atoms with van der Waals surface area (Å²) in [4.78, 5) is 17.2. The van der Waals surface area contributed by atoms with E-state index in [2.05, 4.69) is 10.3 Å². The third-order valence-corrected chi connectivity index (χ3v) is 4.13. The van der Waals surface area contributed by atoms with E-state index >= 15 is 0 Å². The van der Waals surface area contributed by atoms with Crippen LogP contribution in [0.15, 0.2) is 42.5 Å². The maximum atomic E-state index is 12.2. The molecule has 0 aliphatic heterocycles. The number of anilines is 1. The van der Waals surface area contributed by atoms with Crippen LogP contribution >= 0.6 is 22.9 Å². The number of nitrogens with zero attached hydrogens (tertiary/aromatic N) is 1. The Morgan fingerprint density at radius 3 is 2.80 bits per heavy atom. The van der Waals surface area contributed by atoms with Crippen molar-refractivity contribution in [1.29, 1.82) is 0 Å². The van der Waals surface area contributed by atoms with E-state index in [-0.39, 0.29) is 5.91 Å². The smallest absolute Gasteiger partial charge is 0.265 e. The van der Waals surface area contributed by atoms with Crippen molar-refractivity contribution in [2.24, 2.45) is 0 Å². The molecule has 0 atom stereocenters. The molecule has 3 aromatic rings. The van der Waals surface area contributed by atoms with E-state index < -0.39 is 0 Å². The lowest BCUT2D eigenvalue weighted by Gasteiger charge is -2.07. The summed E-state index contributed by atoms with van der Waals surface area (Å²) in [5.74, 6) is -0.169. The van der Waals surface area contributed by atoms with Crippen LogP contribution in [0.5, 0.6) is 0 Å². The summed E-state index contributed by atoms with van der Waals surface area (Å²) in [6.07, 6.45) is 0. The number of rotatable bonds is 2. The van der Waals surface area contributed by atoms with E-state index in [4.69, 9.17) is 11.6 Å². The lowest BCUT2D eigenvalue weighted by atomic mass is 10.1. The van der Waals surface area contributed by atoms with Gasteiger partial charge in [0.2, 0.25) is 0 Å². The van der Waals surface area contributed by atoms with Gasteiger partial charge in [-0.1, -0.05) is 29.8 Å². The van der Waals surface area contributed by atoms with Crippen molar-refractivity contribution < 1.29 is 4.79 Å². The number of carbonyl (C=O) groups excluding carboxylic acids is 1. The molecule has 0 unspecified atom stereocenters. The van der Waals surface area contributed by atoms with Gasteiger partial charge in [-0.2, -0.15) is 0 Å². The number of thiophene rings is 1. The first kappa shape index (κ1) is 13.1. The Morgan fingerprint density at radius 2 is 2.05 bits per heavy atom. The third-order valence-electron chi connectivity index (χ3n) is 2.90. The molecule has 2 heterocycles. The van der Waals surface area contributed by atoms with Crippen molar-refractivity contribution in [3.8, 4) is 0 Å². The largest absolute Gasteiger partial charge is 0.319 e. The Hall–Kier alpha value is -1.91. The molecule has 100 valence electrons. The number of carbonyl (C=O) groups is 1. The second kappa shape index (κ2) is 5.23. The van der Waals surface area contributed by atoms with Gasteiger partial charge in [-0.15, -0.1) is 11.3 Å². The maximum Gasteiger partial charge on any atom is 0.265 e. The molecule has 3 nitrogen and oxygen atoms in total. The van der Waals surface area contributed by atoms with E-state index in [0.29, 0.717) is 14.9 Å². The monoisotopic (exact) mass is 302 g/mol. The van der Waals surface area contributed by atoms with Gasteiger partial charge in [-0.3, -0.25) is 9.78 Å². The molecular formula is C15H11ClN2OS. The van der Waals surface area contributed by atoms with Crippen LogP contribution < -0.4 is 5.32 Å². The van der Waals surface area contributed by atoms with Gasteiger partial charge in [0.1, 0.15) is 0 Å². The molecule has 20 heavy (non-hydrogen) atoms. The number of amides is 1. The summed E-state index contributed by atoms with van der Waals surface area (Å²) in [7, 11) is 0. The van der Waals surface area contributed by atoms with E-state index in [1.165, 1.54) is 11.3 Å². The van der Waals surface area contributed by atoms with Gasteiger partial charge in [0.25, 0.3) is 5.91 Å². The molecule has 1 N–H and O–H groups in total. The zero-order valence-corrected chi connectivity index (χ0v) is 12.3. The first-order valence-corrected chi connectivity index (χ1v) is 7.26. The Morgan fingerprint density at radius 1 is 1.20 bits per heavy atom. The number of hydrogen-bond donors (Lipinski definition) is 1. The van der Waals surface area contributed by atoms with Crippen LogP contribution in [0.4, 0.5) is 5.69 Å². The number of halogens is 1. The van der Waals surface area contributed by atoms with Crippen molar-refractivity contribution in [2.45, 2.75) is 6.92 Å². The lowest BCUT2D eigenvalue weighted by molar-refractivity contribution is 0.103. The quantitative estimate of drug-likeness (QED) is 0.756. The molecule has 0 spiro atoms. The van der Waals surface area contributed by atoms with Gasteiger partial charge in [-0.05, 0) is 31.2 Å². The highest BCUT2D eigenvalue weighted by Crippen LogP contribution is 2.25. The fraction of sp³-hybridized carbons (Fsp3) is 0.0667. The minimum atomic E-state index is -0.169. The van der Waals surface area contributed by atoms with Gasteiger partial charge in [0.15, 0.2) is 0 Å². The summed E-state index contributed by atoms with van der Waals surface area (Å²) in [6, 6.07) is 13.1. The topological polar surface area (TPSA) is 42.0 Å². The van der Waals surface area contributed by atoms with Crippen molar-refractivity contribution >= 4 is 45.4 Å². The molecule has 0 saturated heterocycles. The van der Waals surface area contributed by atoms with Gasteiger partial charge in [0, 0.05) is 11.1 Å². The number of pyridine rings is 1. The van der Waals surface area contributed by atoms with Crippen molar-refractivity contribution in [2.75, 3.05) is 5.32 Å². The van der Waals surface area contributed by atoms with Gasteiger partial charge >= 0.3 is 0 Å². The van der Waals surface area contributed by atoms with Crippen LogP contribution in [0.3, 0.4) is 0 Å². The Balaban J connectivity index is 1.98. The molecule has 0 fully saturated rings. The highest BCUT2D eigenvalue weighted by atomic mass is 35.5. The molecule has 0 radical (unpaired) electrons. The number of aromatic nitrogens is 1. The minimum absolute atomic E-state index is 0.169. The van der Waals surface area contributed by atoms with Gasteiger partial charge < -0.3 is 5.32 Å². The minimum Gasteiger partial charge on any atom is -0.319 e. The first-order chi connectivity index (χ1) is 9.63. The van der Waals surface area contributed by atoms with E-state index in [1.807, 2.05) is 37.3 Å². The van der Waals surface area contributed by atoms with E-state index in [1.54, 1.807) is 12.1 Å². The number of nitrogens with one attached hydrogen (secondary N) is 1. The number of fused-ring (bicyclic) bond motifs is 1. The Kier molecular flexibility index (Phi) is 3.42. The molecule has 2 aromatic heterocycles. The number of hydrogen-bond acceptors (Lipinski definition) is 3. The molecule has 5 heteroatoms. The second-order valence-corrected chi connectivity index (χ2v) is 6.10. The van der Waals surface area contributed by atoms with Crippen LogP contribution in [-0.4, -0.2) is 10.9 Å². The molecule has 0 aliphatic rings. The third kappa shape index (κ3) is 2.53. The first-order valence-electron chi connectivity index (χ1n) is 6.06. The molecular weight excluding hydrogens is 292 g/mol. The summed E-state index contributed by atoms with van der Waals surface area (Å²) in [6.45, 7) is 1.93. The average molecular weight is 303 g/mol. The summed E-state index contributed by atoms with van der Waals surface area (Å²) in [5, 5.41) is 3.89. The average Bonchev–Trinajstić information content (AvgIpc) is 2.86. The summed E-state index contributed by atoms with van der Waals surface area (Å²) < 4.78 is 0.599. The zero-order valence-electron chi connectivity index (χ0n) is 10.7. The predicted octanol–water partition coefficient (Wildman–Crippen LogP) is 4.51. The fourth-order valence-electron chi connectivity index (χ4n) is 1.97. The number of para-hydroxylation sites is 1. The highest BCUT2D eigenvalue weighted by molar-refractivity contribution is 7.18. The van der Waals surface area contributed by atoms with Crippen LogP contribution in [0.25, 0.3) is 10.9 Å². The van der Waals surface area contributed by atoms with Gasteiger partial charge in [0.05, 0.1) is 20.4 Å². The van der Waals surface area contributed by atoms with Crippen LogP contribution in [0.2, 0.25) is 4.34 Å². The molecule has 0 bridgehead atoms. The molecule has 3 rings (SSSR count). The van der Waals surface area contributed by atoms with Gasteiger partial charge in [-0.25, -0.2) is 0 Å².